The third-order valence-electron chi connectivity index (χ3n) is 1.57. The van der Waals surface area contributed by atoms with Gasteiger partial charge in [0, 0.05) is 6.20 Å². The Bertz CT molecular complexity index is 429. The molecule has 0 aromatic carbocycles. The highest BCUT2D eigenvalue weighted by atomic mass is 16.6. The summed E-state index contributed by atoms with van der Waals surface area (Å²) in [4.78, 5) is 24.8. The average Bonchev–Trinajstić information content (AvgIpc) is 2.06. The number of hydrogen-bond acceptors (Lipinski definition) is 4. The van der Waals surface area contributed by atoms with Crippen molar-refractivity contribution < 1.29 is 9.53 Å². The van der Waals surface area contributed by atoms with Crippen LogP contribution in [0.3, 0.4) is 0 Å². The number of anilines is 1. The van der Waals surface area contributed by atoms with E-state index in [4.69, 9.17) is 10.5 Å². The lowest BCUT2D eigenvalue weighted by molar-refractivity contribution is 0.00691. The largest absolute Gasteiger partial charge is 0.456 e. The molecule has 0 atom stereocenters. The van der Waals surface area contributed by atoms with Crippen molar-refractivity contribution in [2.45, 2.75) is 26.4 Å². The zero-order chi connectivity index (χ0) is 11.6. The second kappa shape index (κ2) is 3.76. The Hall–Kier alpha value is -1.78. The number of carbonyl (C=O) groups excluding carboxylic acids is 1. The number of carbonyl (C=O) groups is 1. The van der Waals surface area contributed by atoms with Crippen LogP contribution >= 0.6 is 0 Å². The molecule has 0 aliphatic carbocycles. The van der Waals surface area contributed by atoms with Crippen molar-refractivity contribution in [2.24, 2.45) is 0 Å². The summed E-state index contributed by atoms with van der Waals surface area (Å²) in [6, 6.07) is 1.30. The molecule has 1 aromatic rings. The van der Waals surface area contributed by atoms with Crippen molar-refractivity contribution in [3.8, 4) is 0 Å². The van der Waals surface area contributed by atoms with Crippen molar-refractivity contribution in [3.05, 3.63) is 28.2 Å². The normalized spacial score (nSPS) is 11.1. The van der Waals surface area contributed by atoms with Crippen molar-refractivity contribution in [3.63, 3.8) is 0 Å². The van der Waals surface area contributed by atoms with Crippen LogP contribution in [0.4, 0.5) is 5.69 Å². The van der Waals surface area contributed by atoms with Crippen molar-refractivity contribution in [1.82, 2.24) is 4.98 Å². The van der Waals surface area contributed by atoms with Crippen LogP contribution < -0.4 is 11.3 Å². The summed E-state index contributed by atoms with van der Waals surface area (Å²) in [6.07, 6.45) is 1.28. The van der Waals surface area contributed by atoms with E-state index in [9.17, 15) is 9.59 Å². The minimum absolute atomic E-state index is 0.00152. The zero-order valence-electron chi connectivity index (χ0n) is 8.96. The third-order valence-corrected chi connectivity index (χ3v) is 1.57. The second-order valence-electron chi connectivity index (χ2n) is 4.17. The molecule has 0 bridgehead atoms. The number of pyridine rings is 1. The minimum atomic E-state index is -0.567. The molecular formula is C10H14N2O3. The number of esters is 1. The van der Waals surface area contributed by atoms with E-state index < -0.39 is 17.1 Å². The monoisotopic (exact) mass is 210 g/mol. The predicted molar refractivity (Wildman–Crippen MR) is 56.6 cm³/mol. The molecule has 0 aliphatic heterocycles. The fourth-order valence-electron chi connectivity index (χ4n) is 0.956. The first-order valence-electron chi connectivity index (χ1n) is 4.51. The molecule has 0 saturated heterocycles. The van der Waals surface area contributed by atoms with E-state index in [-0.39, 0.29) is 11.3 Å². The van der Waals surface area contributed by atoms with E-state index in [1.165, 1.54) is 12.3 Å². The average molecular weight is 210 g/mol. The molecule has 0 radical (unpaired) electrons. The minimum Gasteiger partial charge on any atom is -0.456 e. The fraction of sp³-hybridized carbons (Fsp3) is 0.400. The van der Waals surface area contributed by atoms with Crippen molar-refractivity contribution >= 4 is 11.7 Å². The van der Waals surface area contributed by atoms with E-state index in [2.05, 4.69) is 4.98 Å². The highest BCUT2D eigenvalue weighted by Crippen LogP contribution is 2.11. The molecular weight excluding hydrogens is 196 g/mol. The molecule has 0 unspecified atom stereocenters. The smallest absolute Gasteiger partial charge is 0.340 e. The van der Waals surface area contributed by atoms with Crippen LogP contribution in [-0.2, 0) is 4.74 Å². The summed E-state index contributed by atoms with van der Waals surface area (Å²) in [5, 5.41) is 0. The number of rotatable bonds is 1. The summed E-state index contributed by atoms with van der Waals surface area (Å²) in [6.45, 7) is 5.29. The molecule has 1 heterocycles. The topological polar surface area (TPSA) is 85.2 Å². The van der Waals surface area contributed by atoms with Gasteiger partial charge in [-0.25, -0.2) is 4.79 Å². The van der Waals surface area contributed by atoms with Gasteiger partial charge in [-0.3, -0.25) is 4.79 Å². The first-order valence-corrected chi connectivity index (χ1v) is 4.51. The molecule has 1 aromatic heterocycles. The Balaban J connectivity index is 2.93. The molecule has 0 amide bonds. The van der Waals surface area contributed by atoms with Crippen LogP contribution in [0.1, 0.15) is 31.1 Å². The summed E-state index contributed by atoms with van der Waals surface area (Å²) >= 11 is 0. The number of H-pyrrole nitrogens is 1. The van der Waals surface area contributed by atoms with Crippen LogP contribution in [0.5, 0.6) is 0 Å². The van der Waals surface area contributed by atoms with Gasteiger partial charge in [0.15, 0.2) is 0 Å². The van der Waals surface area contributed by atoms with Gasteiger partial charge in [0.05, 0.1) is 11.3 Å². The molecule has 5 heteroatoms. The number of aromatic nitrogens is 1. The van der Waals surface area contributed by atoms with E-state index >= 15 is 0 Å². The second-order valence-corrected chi connectivity index (χ2v) is 4.17. The molecule has 15 heavy (non-hydrogen) atoms. The number of ether oxygens (including phenoxy) is 1. The van der Waals surface area contributed by atoms with Gasteiger partial charge in [-0.2, -0.15) is 0 Å². The third kappa shape index (κ3) is 3.12. The Labute approximate surface area is 87.3 Å². The van der Waals surface area contributed by atoms with E-state index in [1.54, 1.807) is 20.8 Å². The number of nitrogen functional groups attached to an aromatic ring is 1. The number of nitrogens with one attached hydrogen (secondary N) is 1. The van der Waals surface area contributed by atoms with Gasteiger partial charge >= 0.3 is 5.97 Å². The zero-order valence-corrected chi connectivity index (χ0v) is 8.96. The van der Waals surface area contributed by atoms with Gasteiger partial charge in [-0.15, -0.1) is 0 Å². The maximum absolute atomic E-state index is 11.5. The molecule has 82 valence electrons. The standard InChI is InChI=1S/C10H14N2O3/c1-10(2,3)15-9(14)6-4-7(11)8(13)12-5-6/h4-5H,11H2,1-3H3,(H,12,13). The van der Waals surface area contributed by atoms with Gasteiger partial charge in [0.25, 0.3) is 5.56 Å². The summed E-state index contributed by atoms with van der Waals surface area (Å²) in [5.74, 6) is -0.509. The van der Waals surface area contributed by atoms with Crippen molar-refractivity contribution in [2.75, 3.05) is 5.73 Å². The lowest BCUT2D eigenvalue weighted by Gasteiger charge is -2.19. The Morgan fingerprint density at radius 3 is 2.53 bits per heavy atom. The van der Waals surface area contributed by atoms with Gasteiger partial charge < -0.3 is 15.5 Å². The van der Waals surface area contributed by atoms with Crippen LogP contribution in [-0.4, -0.2) is 16.6 Å². The Morgan fingerprint density at radius 2 is 2.07 bits per heavy atom. The first-order chi connectivity index (χ1) is 6.79. The molecule has 0 aliphatic rings. The van der Waals surface area contributed by atoms with Gasteiger partial charge in [-0.1, -0.05) is 0 Å². The lowest BCUT2D eigenvalue weighted by Crippen LogP contribution is -2.24. The number of nitrogens with two attached hydrogens (primary N) is 1. The maximum Gasteiger partial charge on any atom is 0.340 e. The van der Waals surface area contributed by atoms with Crippen LogP contribution in [0.15, 0.2) is 17.1 Å². The summed E-state index contributed by atoms with van der Waals surface area (Å²) in [7, 11) is 0. The molecule has 3 N–H and O–H groups in total. The number of hydrogen-bond donors (Lipinski definition) is 2. The van der Waals surface area contributed by atoms with Crippen molar-refractivity contribution in [1.29, 1.82) is 0 Å². The van der Waals surface area contributed by atoms with Crippen LogP contribution in [0, 0.1) is 0 Å². The molecule has 0 spiro atoms. The number of aromatic amines is 1. The molecule has 5 nitrogen and oxygen atoms in total. The Kier molecular flexibility index (Phi) is 2.83. The molecule has 0 saturated carbocycles. The van der Waals surface area contributed by atoms with Crippen LogP contribution in [0.2, 0.25) is 0 Å². The fourth-order valence-corrected chi connectivity index (χ4v) is 0.956. The maximum atomic E-state index is 11.5. The van der Waals surface area contributed by atoms with E-state index in [1.807, 2.05) is 0 Å². The van der Waals surface area contributed by atoms with Gasteiger partial charge in [0.2, 0.25) is 0 Å². The molecule has 0 fully saturated rings. The Morgan fingerprint density at radius 1 is 1.47 bits per heavy atom. The van der Waals surface area contributed by atoms with Gasteiger partial charge in [-0.05, 0) is 26.8 Å². The van der Waals surface area contributed by atoms with Crippen LogP contribution in [0.25, 0.3) is 0 Å². The predicted octanol–water partition coefficient (Wildman–Crippen LogP) is 0.912. The quantitative estimate of drug-likeness (QED) is 0.675. The summed E-state index contributed by atoms with van der Waals surface area (Å²) < 4.78 is 5.10. The van der Waals surface area contributed by atoms with E-state index in [0.717, 1.165) is 0 Å². The molecule has 1 rings (SSSR count). The van der Waals surface area contributed by atoms with Gasteiger partial charge in [0.1, 0.15) is 5.60 Å². The first kappa shape index (κ1) is 11.3. The summed E-state index contributed by atoms with van der Waals surface area (Å²) in [5.41, 5.74) is 4.63. The lowest BCUT2D eigenvalue weighted by atomic mass is 10.2. The highest BCUT2D eigenvalue weighted by molar-refractivity contribution is 5.90. The SMILES string of the molecule is CC(C)(C)OC(=O)c1c[nH]c(=O)c(N)c1. The highest BCUT2D eigenvalue weighted by Gasteiger charge is 2.18. The van der Waals surface area contributed by atoms with E-state index in [0.29, 0.717) is 0 Å².